The highest BCUT2D eigenvalue weighted by atomic mass is 16.7. The Balaban J connectivity index is 1.48. The Morgan fingerprint density at radius 2 is 1.93 bits per heavy atom. The third-order valence-corrected chi connectivity index (χ3v) is 4.52. The number of ether oxygens (including phenoxy) is 2. The number of aliphatic carboxylic acids is 1. The fraction of sp³-hybridized carbons (Fsp3) is 0.333. The number of hydrogen-bond acceptors (Lipinski definition) is 4. The third kappa shape index (κ3) is 5.23. The number of carbonyl (C=O) groups is 2. The molecule has 1 atom stereocenters. The van der Waals surface area contributed by atoms with Gasteiger partial charge < -0.3 is 19.9 Å². The zero-order valence-corrected chi connectivity index (χ0v) is 15.2. The summed E-state index contributed by atoms with van der Waals surface area (Å²) in [6.07, 6.45) is 0.939. The van der Waals surface area contributed by atoms with Gasteiger partial charge in [-0.25, -0.2) is 0 Å². The lowest BCUT2D eigenvalue weighted by atomic mass is 9.95. The van der Waals surface area contributed by atoms with Crippen molar-refractivity contribution in [3.8, 4) is 11.5 Å². The first-order valence-corrected chi connectivity index (χ1v) is 8.95. The molecule has 2 aromatic carbocycles. The van der Waals surface area contributed by atoms with E-state index in [9.17, 15) is 14.7 Å². The van der Waals surface area contributed by atoms with Gasteiger partial charge in [0.05, 0.1) is 5.92 Å². The zero-order chi connectivity index (χ0) is 19.2. The van der Waals surface area contributed by atoms with Gasteiger partial charge in [-0.15, -0.1) is 0 Å². The van der Waals surface area contributed by atoms with E-state index in [0.717, 1.165) is 22.4 Å². The van der Waals surface area contributed by atoms with Crippen LogP contribution in [-0.4, -0.2) is 30.3 Å². The largest absolute Gasteiger partial charge is 0.481 e. The Bertz CT molecular complexity index is 833. The van der Waals surface area contributed by atoms with E-state index >= 15 is 0 Å². The van der Waals surface area contributed by atoms with Crippen LogP contribution in [0.4, 0.5) is 0 Å². The van der Waals surface area contributed by atoms with Crippen molar-refractivity contribution in [2.45, 2.75) is 26.2 Å². The molecule has 2 N–H and O–H groups in total. The minimum Gasteiger partial charge on any atom is -0.481 e. The van der Waals surface area contributed by atoms with Crippen LogP contribution in [0.1, 0.15) is 23.1 Å². The van der Waals surface area contributed by atoms with Crippen LogP contribution >= 0.6 is 0 Å². The second-order valence-electron chi connectivity index (χ2n) is 6.72. The van der Waals surface area contributed by atoms with Crippen LogP contribution in [0.15, 0.2) is 42.5 Å². The Kier molecular flexibility index (Phi) is 5.96. The molecule has 0 spiro atoms. The molecule has 1 unspecified atom stereocenters. The molecule has 1 heterocycles. The van der Waals surface area contributed by atoms with Crippen molar-refractivity contribution in [3.05, 3.63) is 59.2 Å². The van der Waals surface area contributed by atoms with Crippen molar-refractivity contribution in [2.75, 3.05) is 13.3 Å². The van der Waals surface area contributed by atoms with Gasteiger partial charge in [0.1, 0.15) is 0 Å². The molecule has 6 nitrogen and oxygen atoms in total. The van der Waals surface area contributed by atoms with Gasteiger partial charge in [-0.05, 0) is 43.0 Å². The van der Waals surface area contributed by atoms with Crippen molar-refractivity contribution in [2.24, 2.45) is 5.92 Å². The van der Waals surface area contributed by atoms with Crippen LogP contribution in [0.5, 0.6) is 11.5 Å². The molecule has 0 radical (unpaired) electrons. The van der Waals surface area contributed by atoms with Gasteiger partial charge in [0.15, 0.2) is 11.5 Å². The Hall–Kier alpha value is -3.02. The first-order valence-electron chi connectivity index (χ1n) is 8.95. The lowest BCUT2D eigenvalue weighted by Crippen LogP contribution is -2.30. The predicted octanol–water partition coefficient (Wildman–Crippen LogP) is 2.72. The van der Waals surface area contributed by atoms with E-state index in [4.69, 9.17) is 9.47 Å². The number of carboxylic acids is 1. The van der Waals surface area contributed by atoms with Crippen molar-refractivity contribution < 1.29 is 24.2 Å². The monoisotopic (exact) mass is 369 g/mol. The van der Waals surface area contributed by atoms with Crippen LogP contribution in [0, 0.1) is 12.8 Å². The maximum absolute atomic E-state index is 12.2. The first-order chi connectivity index (χ1) is 13.0. The Morgan fingerprint density at radius 3 is 2.70 bits per heavy atom. The number of rotatable bonds is 8. The lowest BCUT2D eigenvalue weighted by Gasteiger charge is -2.13. The number of nitrogens with one attached hydrogen (secondary N) is 1. The molecule has 3 rings (SSSR count). The molecule has 142 valence electrons. The van der Waals surface area contributed by atoms with E-state index in [1.807, 2.05) is 49.4 Å². The molecule has 6 heteroatoms. The molecule has 0 aliphatic carbocycles. The number of carboxylic acid groups (broad SMARTS) is 1. The average molecular weight is 369 g/mol. The van der Waals surface area contributed by atoms with E-state index < -0.39 is 11.9 Å². The summed E-state index contributed by atoms with van der Waals surface area (Å²) in [5.74, 6) is -0.512. The fourth-order valence-corrected chi connectivity index (χ4v) is 3.11. The minimum absolute atomic E-state index is 0.0373. The third-order valence-electron chi connectivity index (χ3n) is 4.52. The second kappa shape index (κ2) is 8.58. The summed E-state index contributed by atoms with van der Waals surface area (Å²) in [6.45, 7) is 2.63. The molecule has 0 aromatic heterocycles. The Morgan fingerprint density at radius 1 is 1.11 bits per heavy atom. The molecular weight excluding hydrogens is 346 g/mol. The van der Waals surface area contributed by atoms with Crippen LogP contribution in [0.2, 0.25) is 0 Å². The summed E-state index contributed by atoms with van der Waals surface area (Å²) in [5.41, 5.74) is 3.02. The van der Waals surface area contributed by atoms with Gasteiger partial charge in [-0.2, -0.15) is 0 Å². The van der Waals surface area contributed by atoms with Crippen molar-refractivity contribution in [1.29, 1.82) is 0 Å². The molecule has 0 bridgehead atoms. The Labute approximate surface area is 158 Å². The van der Waals surface area contributed by atoms with Crippen LogP contribution in [-0.2, 0) is 22.4 Å². The van der Waals surface area contributed by atoms with Gasteiger partial charge in [0, 0.05) is 13.0 Å². The highest BCUT2D eigenvalue weighted by Crippen LogP contribution is 2.32. The standard InChI is InChI=1S/C21H23NO5/c1-14-3-2-4-16(9-14)10-17(21(24)25)12-20(23)22-8-7-15-5-6-18-19(11-15)27-13-26-18/h2-6,9,11,17H,7-8,10,12-13H2,1H3,(H,22,23)(H,24,25). The summed E-state index contributed by atoms with van der Waals surface area (Å²) in [7, 11) is 0. The van der Waals surface area contributed by atoms with Gasteiger partial charge in [0.25, 0.3) is 0 Å². The van der Waals surface area contributed by atoms with Gasteiger partial charge in [-0.1, -0.05) is 35.9 Å². The summed E-state index contributed by atoms with van der Waals surface area (Å²) >= 11 is 0. The topological polar surface area (TPSA) is 84.9 Å². The smallest absolute Gasteiger partial charge is 0.307 e. The summed E-state index contributed by atoms with van der Waals surface area (Å²) < 4.78 is 10.6. The van der Waals surface area contributed by atoms with E-state index in [1.165, 1.54) is 0 Å². The van der Waals surface area contributed by atoms with E-state index in [-0.39, 0.29) is 19.1 Å². The number of fused-ring (bicyclic) bond motifs is 1. The molecule has 1 amide bonds. The molecule has 2 aromatic rings. The number of hydrogen-bond donors (Lipinski definition) is 2. The highest BCUT2D eigenvalue weighted by molar-refractivity contribution is 5.82. The summed E-state index contributed by atoms with van der Waals surface area (Å²) in [4.78, 5) is 23.7. The van der Waals surface area contributed by atoms with Gasteiger partial charge in [0.2, 0.25) is 12.7 Å². The van der Waals surface area contributed by atoms with Crippen LogP contribution in [0.25, 0.3) is 0 Å². The first kappa shape index (κ1) is 18.8. The molecule has 0 saturated heterocycles. The average Bonchev–Trinajstić information content (AvgIpc) is 3.09. The molecule has 0 saturated carbocycles. The van der Waals surface area contributed by atoms with Gasteiger partial charge in [-0.3, -0.25) is 9.59 Å². The maximum atomic E-state index is 12.2. The van der Waals surface area contributed by atoms with E-state index in [1.54, 1.807) is 0 Å². The highest BCUT2D eigenvalue weighted by Gasteiger charge is 2.21. The zero-order valence-electron chi connectivity index (χ0n) is 15.2. The summed E-state index contributed by atoms with van der Waals surface area (Å²) in [5, 5.41) is 12.2. The fourth-order valence-electron chi connectivity index (χ4n) is 3.11. The molecule has 1 aliphatic heterocycles. The second-order valence-corrected chi connectivity index (χ2v) is 6.72. The number of amides is 1. The predicted molar refractivity (Wildman–Crippen MR) is 99.9 cm³/mol. The maximum Gasteiger partial charge on any atom is 0.307 e. The van der Waals surface area contributed by atoms with Crippen molar-refractivity contribution >= 4 is 11.9 Å². The van der Waals surface area contributed by atoms with E-state index in [0.29, 0.717) is 25.1 Å². The number of aryl methyl sites for hydroxylation is 1. The van der Waals surface area contributed by atoms with Crippen molar-refractivity contribution in [1.82, 2.24) is 5.32 Å². The SMILES string of the molecule is Cc1cccc(CC(CC(=O)NCCc2ccc3c(c2)OCO3)C(=O)O)c1. The van der Waals surface area contributed by atoms with E-state index in [2.05, 4.69) is 5.32 Å². The number of carbonyl (C=O) groups excluding carboxylic acids is 1. The van der Waals surface area contributed by atoms with Gasteiger partial charge >= 0.3 is 5.97 Å². The molecule has 27 heavy (non-hydrogen) atoms. The van der Waals surface area contributed by atoms with Crippen LogP contribution in [0.3, 0.4) is 0 Å². The molecule has 1 aliphatic rings. The quantitative estimate of drug-likeness (QED) is 0.747. The molecular formula is C21H23NO5. The normalized spacial score (nSPS) is 13.2. The minimum atomic E-state index is -0.956. The molecule has 0 fully saturated rings. The van der Waals surface area contributed by atoms with Crippen LogP contribution < -0.4 is 14.8 Å². The number of benzene rings is 2. The van der Waals surface area contributed by atoms with Crippen molar-refractivity contribution in [3.63, 3.8) is 0 Å². The lowest BCUT2D eigenvalue weighted by molar-refractivity contribution is -0.144. The summed E-state index contributed by atoms with van der Waals surface area (Å²) in [6, 6.07) is 13.4.